The van der Waals surface area contributed by atoms with Crippen LogP contribution in [0, 0.1) is 33.8 Å². The molecule has 0 aromatic heterocycles. The van der Waals surface area contributed by atoms with E-state index in [9.17, 15) is 24.8 Å². The average Bonchev–Trinajstić information content (AvgIpc) is 3.29. The zero-order valence-electron chi connectivity index (χ0n) is 13.7. The number of hydrogen-bond donors (Lipinski definition) is 1. The number of rotatable bonds is 4. The minimum absolute atomic E-state index is 0.0187. The lowest BCUT2D eigenvalue weighted by Crippen LogP contribution is -2.28. The van der Waals surface area contributed by atoms with E-state index in [0.717, 1.165) is 23.7 Å². The molecule has 2 amide bonds. The van der Waals surface area contributed by atoms with Crippen LogP contribution in [-0.4, -0.2) is 40.2 Å². The van der Waals surface area contributed by atoms with Crippen LogP contribution in [0.15, 0.2) is 29.4 Å². The highest BCUT2D eigenvalue weighted by molar-refractivity contribution is 6.07. The second kappa shape index (κ2) is 5.65. The van der Waals surface area contributed by atoms with Crippen molar-refractivity contribution >= 4 is 23.7 Å². The lowest BCUT2D eigenvalue weighted by molar-refractivity contribution is -0.385. The number of hydrogen-bond acceptors (Lipinski definition) is 7. The Bertz CT molecular complexity index is 863. The molecule has 134 valence electrons. The highest BCUT2D eigenvalue weighted by atomic mass is 16.6. The van der Waals surface area contributed by atoms with Crippen molar-refractivity contribution in [2.24, 2.45) is 28.8 Å². The van der Waals surface area contributed by atoms with Crippen molar-refractivity contribution in [3.63, 3.8) is 0 Å². The number of fused-ring (bicyclic) bond motifs is 5. The highest BCUT2D eigenvalue weighted by Crippen LogP contribution is 2.52. The molecule has 4 atom stereocenters. The Labute approximate surface area is 147 Å². The van der Waals surface area contributed by atoms with Gasteiger partial charge in [0.25, 0.3) is 11.8 Å². The quantitative estimate of drug-likeness (QED) is 0.286. The summed E-state index contributed by atoms with van der Waals surface area (Å²) < 4.78 is 4.98. The molecule has 1 saturated carbocycles. The maximum absolute atomic E-state index is 12.6. The average molecular weight is 357 g/mol. The third-order valence-electron chi connectivity index (χ3n) is 5.28. The molecule has 3 aliphatic rings. The Kier molecular flexibility index (Phi) is 3.53. The van der Waals surface area contributed by atoms with Crippen LogP contribution in [0.2, 0.25) is 0 Å². The van der Waals surface area contributed by atoms with Gasteiger partial charge in [0.2, 0.25) is 5.75 Å². The van der Waals surface area contributed by atoms with Gasteiger partial charge in [-0.1, -0.05) is 12.2 Å². The molecule has 1 aromatic carbocycles. The Morgan fingerprint density at radius 3 is 2.42 bits per heavy atom. The van der Waals surface area contributed by atoms with E-state index >= 15 is 0 Å². The number of phenols is 1. The van der Waals surface area contributed by atoms with E-state index in [0.29, 0.717) is 0 Å². The van der Waals surface area contributed by atoms with Gasteiger partial charge in [-0.3, -0.25) is 19.7 Å². The van der Waals surface area contributed by atoms with Gasteiger partial charge in [0, 0.05) is 5.56 Å². The van der Waals surface area contributed by atoms with Crippen LogP contribution in [-0.2, 0) is 9.59 Å². The van der Waals surface area contributed by atoms with Crippen LogP contribution >= 0.6 is 0 Å². The van der Waals surface area contributed by atoms with Crippen LogP contribution in [0.3, 0.4) is 0 Å². The first-order chi connectivity index (χ1) is 12.4. The molecule has 0 spiro atoms. The van der Waals surface area contributed by atoms with E-state index in [-0.39, 0.29) is 46.8 Å². The maximum atomic E-state index is 12.6. The fourth-order valence-corrected chi connectivity index (χ4v) is 4.09. The Hall–Kier alpha value is -3.23. The largest absolute Gasteiger partial charge is 0.502 e. The predicted octanol–water partition coefficient (Wildman–Crippen LogP) is 1.45. The lowest BCUT2D eigenvalue weighted by atomic mass is 9.85. The number of imide groups is 1. The zero-order chi connectivity index (χ0) is 18.6. The number of aromatic hydroxyl groups is 1. The van der Waals surface area contributed by atoms with Gasteiger partial charge in [-0.15, -0.1) is 0 Å². The summed E-state index contributed by atoms with van der Waals surface area (Å²) in [6, 6.07) is 2.41. The standard InChI is InChI=1S/C17H15N3O6/c1-26-11-5-10(15(21)12(6-11)20(24)25)7-18-19-16(22)13-8-2-3-9(4-8)14(13)17(19)23/h2-3,5-9,13-14,21H,4H2,1H3/b18-7-/t8-,9-,13-,14-/m0/s1. The number of hydrazone groups is 1. The molecule has 26 heavy (non-hydrogen) atoms. The molecular weight excluding hydrogens is 342 g/mol. The number of allylic oxidation sites excluding steroid dienone is 2. The second-order valence-corrected chi connectivity index (χ2v) is 6.57. The summed E-state index contributed by atoms with van der Waals surface area (Å²) in [6.07, 6.45) is 5.83. The van der Waals surface area contributed by atoms with Crippen molar-refractivity contribution < 1.29 is 24.4 Å². The van der Waals surface area contributed by atoms with Gasteiger partial charge >= 0.3 is 5.69 Å². The van der Waals surface area contributed by atoms with Gasteiger partial charge in [-0.05, 0) is 24.3 Å². The molecule has 1 heterocycles. The number of amides is 2. The molecule has 1 aliphatic heterocycles. The fourth-order valence-electron chi connectivity index (χ4n) is 4.09. The second-order valence-electron chi connectivity index (χ2n) is 6.57. The van der Waals surface area contributed by atoms with E-state index in [2.05, 4.69) is 5.10 Å². The monoisotopic (exact) mass is 357 g/mol. The van der Waals surface area contributed by atoms with E-state index in [4.69, 9.17) is 4.74 Å². The number of carbonyl (C=O) groups is 2. The molecule has 9 nitrogen and oxygen atoms in total. The first-order valence-corrected chi connectivity index (χ1v) is 8.08. The minimum Gasteiger partial charge on any atom is -0.502 e. The number of ether oxygens (including phenoxy) is 1. The Balaban J connectivity index is 1.65. The number of nitro groups is 1. The molecule has 1 aromatic rings. The molecule has 1 saturated heterocycles. The number of nitrogens with zero attached hydrogens (tertiary/aromatic N) is 3. The number of phenolic OH excluding ortho intramolecular Hbond substituents is 1. The van der Waals surface area contributed by atoms with Crippen LogP contribution < -0.4 is 4.74 Å². The molecule has 0 unspecified atom stereocenters. The first kappa shape index (κ1) is 16.2. The number of nitro benzene ring substituents is 1. The number of methoxy groups -OCH3 is 1. The summed E-state index contributed by atoms with van der Waals surface area (Å²) in [6.45, 7) is 0. The zero-order valence-corrected chi connectivity index (χ0v) is 13.7. The van der Waals surface area contributed by atoms with Gasteiger partial charge in [0.15, 0.2) is 0 Å². The van der Waals surface area contributed by atoms with Crippen molar-refractivity contribution in [3.05, 3.63) is 40.0 Å². The molecule has 2 bridgehead atoms. The molecule has 2 fully saturated rings. The summed E-state index contributed by atoms with van der Waals surface area (Å²) in [5, 5.41) is 25.8. The third-order valence-corrected chi connectivity index (χ3v) is 5.28. The van der Waals surface area contributed by atoms with Crippen molar-refractivity contribution in [1.29, 1.82) is 0 Å². The minimum atomic E-state index is -0.755. The lowest BCUT2D eigenvalue weighted by Gasteiger charge is -2.13. The van der Waals surface area contributed by atoms with Crippen LogP contribution in [0.4, 0.5) is 5.69 Å². The summed E-state index contributed by atoms with van der Waals surface area (Å²) in [7, 11) is 1.33. The number of carbonyl (C=O) groups excluding carboxylic acids is 2. The summed E-state index contributed by atoms with van der Waals surface area (Å²) in [5.74, 6) is -1.85. The van der Waals surface area contributed by atoms with Crippen molar-refractivity contribution in [1.82, 2.24) is 5.01 Å². The van der Waals surface area contributed by atoms with E-state index in [1.165, 1.54) is 13.2 Å². The maximum Gasteiger partial charge on any atom is 0.315 e. The smallest absolute Gasteiger partial charge is 0.315 e. The molecule has 9 heteroatoms. The van der Waals surface area contributed by atoms with Crippen molar-refractivity contribution in [2.75, 3.05) is 7.11 Å². The predicted molar refractivity (Wildman–Crippen MR) is 88.5 cm³/mol. The topological polar surface area (TPSA) is 122 Å². The van der Waals surface area contributed by atoms with Crippen LogP contribution in [0.1, 0.15) is 12.0 Å². The van der Waals surface area contributed by atoms with Gasteiger partial charge < -0.3 is 9.84 Å². The summed E-state index contributed by atoms with van der Waals surface area (Å²) >= 11 is 0. The fraction of sp³-hybridized carbons (Fsp3) is 0.353. The molecule has 0 radical (unpaired) electrons. The van der Waals surface area contributed by atoms with Gasteiger partial charge in [0.1, 0.15) is 5.75 Å². The normalized spacial score (nSPS) is 29.0. The third kappa shape index (κ3) is 2.20. The first-order valence-electron chi connectivity index (χ1n) is 8.08. The van der Waals surface area contributed by atoms with Gasteiger partial charge in [0.05, 0.1) is 36.1 Å². The van der Waals surface area contributed by atoms with Crippen molar-refractivity contribution in [3.8, 4) is 11.5 Å². The highest BCUT2D eigenvalue weighted by Gasteiger charge is 2.59. The van der Waals surface area contributed by atoms with Crippen molar-refractivity contribution in [2.45, 2.75) is 6.42 Å². The SMILES string of the molecule is COc1cc(/C=N\N2C(=O)[C@@H]3[C@@H](C2=O)[C@H]2C=C[C@H]3C2)c(O)c([N+](=O)[O-])c1. The van der Waals surface area contributed by atoms with Gasteiger partial charge in [-0.25, -0.2) is 0 Å². The molecule has 4 rings (SSSR count). The Morgan fingerprint density at radius 2 is 1.88 bits per heavy atom. The van der Waals surface area contributed by atoms with Gasteiger partial charge in [-0.2, -0.15) is 10.1 Å². The molecule has 1 N–H and O–H groups in total. The summed E-state index contributed by atoms with van der Waals surface area (Å²) in [4.78, 5) is 35.4. The molecular formula is C17H15N3O6. The Morgan fingerprint density at radius 1 is 1.27 bits per heavy atom. The van der Waals surface area contributed by atoms with E-state index in [1.54, 1.807) is 0 Å². The van der Waals surface area contributed by atoms with E-state index < -0.39 is 16.4 Å². The number of benzene rings is 1. The molecule has 2 aliphatic carbocycles. The van der Waals surface area contributed by atoms with Crippen LogP contribution in [0.5, 0.6) is 11.5 Å². The summed E-state index contributed by atoms with van der Waals surface area (Å²) in [5.41, 5.74) is -0.571. The van der Waals surface area contributed by atoms with E-state index in [1.807, 2.05) is 12.2 Å². The van der Waals surface area contributed by atoms with Crippen LogP contribution in [0.25, 0.3) is 0 Å².